The first-order valence-corrected chi connectivity index (χ1v) is 7.13. The van der Waals surface area contributed by atoms with E-state index in [9.17, 15) is 4.79 Å². The summed E-state index contributed by atoms with van der Waals surface area (Å²) in [6, 6.07) is 0. The van der Waals surface area contributed by atoms with E-state index in [1.807, 2.05) is 0 Å². The third-order valence-electron chi connectivity index (χ3n) is 3.64. The molecule has 0 spiro atoms. The highest BCUT2D eigenvalue weighted by Crippen LogP contribution is 2.35. The van der Waals surface area contributed by atoms with Crippen LogP contribution in [0.5, 0.6) is 0 Å². The maximum Gasteiger partial charge on any atom is 0.344 e. The minimum absolute atomic E-state index is 0.0373. The Kier molecular flexibility index (Phi) is 6.06. The fourth-order valence-electron chi connectivity index (χ4n) is 2.61. The van der Waals surface area contributed by atoms with E-state index in [4.69, 9.17) is 21.7 Å². The molecule has 0 heterocycles. The van der Waals surface area contributed by atoms with Crippen molar-refractivity contribution < 1.29 is 14.3 Å². The normalized spacial score (nSPS) is 27.9. The number of carbonyl (C=O) groups is 1. The molecule has 0 radical (unpaired) electrons. The number of hydrogen-bond acceptors (Lipinski definition) is 4. The molecule has 4 heteroatoms. The van der Waals surface area contributed by atoms with E-state index in [1.165, 1.54) is 6.42 Å². The SMILES string of the molecule is CC(=S)OCC(=O)O[C@H]1C[C@@H](C)CC[C@@H]1C(C)C. The first kappa shape index (κ1) is 15.4. The molecule has 104 valence electrons. The lowest BCUT2D eigenvalue weighted by molar-refractivity contribution is -0.158. The molecular weight excluding hydrogens is 248 g/mol. The molecule has 0 aromatic carbocycles. The Morgan fingerprint density at radius 2 is 2.06 bits per heavy atom. The summed E-state index contributed by atoms with van der Waals surface area (Å²) in [6.07, 6.45) is 3.37. The van der Waals surface area contributed by atoms with Crippen LogP contribution in [-0.4, -0.2) is 23.7 Å². The van der Waals surface area contributed by atoms with Crippen LogP contribution < -0.4 is 0 Å². The molecule has 1 aliphatic rings. The van der Waals surface area contributed by atoms with E-state index in [-0.39, 0.29) is 18.7 Å². The summed E-state index contributed by atoms with van der Waals surface area (Å²) >= 11 is 4.77. The maximum absolute atomic E-state index is 11.7. The molecule has 0 aliphatic heterocycles. The molecule has 1 aliphatic carbocycles. The van der Waals surface area contributed by atoms with Crippen LogP contribution in [0.1, 0.15) is 47.0 Å². The van der Waals surface area contributed by atoms with Crippen LogP contribution in [-0.2, 0) is 14.3 Å². The van der Waals surface area contributed by atoms with Gasteiger partial charge in [-0.05, 0) is 42.8 Å². The molecule has 3 nitrogen and oxygen atoms in total. The molecular formula is C14H24O3S. The molecule has 0 N–H and O–H groups in total. The average molecular weight is 272 g/mol. The fraction of sp³-hybridized carbons (Fsp3) is 0.857. The van der Waals surface area contributed by atoms with Crippen molar-refractivity contribution in [3.05, 3.63) is 0 Å². The van der Waals surface area contributed by atoms with Crippen molar-refractivity contribution >= 4 is 23.2 Å². The van der Waals surface area contributed by atoms with E-state index in [2.05, 4.69) is 20.8 Å². The van der Waals surface area contributed by atoms with Crippen LogP contribution >= 0.6 is 12.2 Å². The van der Waals surface area contributed by atoms with E-state index in [1.54, 1.807) is 6.92 Å². The zero-order valence-electron chi connectivity index (χ0n) is 11.8. The second-order valence-corrected chi connectivity index (χ2v) is 6.21. The summed E-state index contributed by atoms with van der Waals surface area (Å²) < 4.78 is 10.6. The molecule has 1 saturated carbocycles. The molecule has 3 atom stereocenters. The van der Waals surface area contributed by atoms with Crippen molar-refractivity contribution in [2.75, 3.05) is 6.61 Å². The van der Waals surface area contributed by atoms with Gasteiger partial charge in [0, 0.05) is 6.92 Å². The number of carbonyl (C=O) groups excluding carboxylic acids is 1. The van der Waals surface area contributed by atoms with Gasteiger partial charge in [-0.1, -0.05) is 27.2 Å². The summed E-state index contributed by atoms with van der Waals surface area (Å²) in [4.78, 5) is 11.7. The first-order valence-electron chi connectivity index (χ1n) is 6.73. The van der Waals surface area contributed by atoms with Crippen molar-refractivity contribution in [1.82, 2.24) is 0 Å². The number of ether oxygens (including phenoxy) is 2. The number of hydrogen-bond donors (Lipinski definition) is 0. The van der Waals surface area contributed by atoms with Crippen molar-refractivity contribution in [3.8, 4) is 0 Å². The molecule has 0 aromatic heterocycles. The van der Waals surface area contributed by atoms with Gasteiger partial charge in [-0.15, -0.1) is 0 Å². The summed E-state index contributed by atoms with van der Waals surface area (Å²) in [7, 11) is 0. The quantitative estimate of drug-likeness (QED) is 0.581. The van der Waals surface area contributed by atoms with Gasteiger partial charge >= 0.3 is 5.97 Å². The highest BCUT2D eigenvalue weighted by Gasteiger charge is 2.33. The molecule has 18 heavy (non-hydrogen) atoms. The molecule has 0 saturated heterocycles. The number of thiocarbonyl (C=S) groups is 1. The Labute approximate surface area is 115 Å². The Bertz CT molecular complexity index is 301. The second kappa shape index (κ2) is 7.07. The molecule has 0 amide bonds. The van der Waals surface area contributed by atoms with Crippen LogP contribution in [0.3, 0.4) is 0 Å². The summed E-state index contributed by atoms with van der Waals surface area (Å²) in [6.45, 7) is 8.20. The van der Waals surface area contributed by atoms with Crippen molar-refractivity contribution in [2.24, 2.45) is 17.8 Å². The van der Waals surface area contributed by atoms with Crippen molar-refractivity contribution in [3.63, 3.8) is 0 Å². The van der Waals surface area contributed by atoms with Crippen LogP contribution in [0.4, 0.5) is 0 Å². The van der Waals surface area contributed by atoms with Crippen molar-refractivity contribution in [2.45, 2.75) is 53.1 Å². The van der Waals surface area contributed by atoms with Crippen LogP contribution in [0, 0.1) is 17.8 Å². The number of esters is 1. The van der Waals surface area contributed by atoms with Gasteiger partial charge in [0.25, 0.3) is 0 Å². The minimum atomic E-state index is -0.302. The largest absolute Gasteiger partial charge is 0.476 e. The Morgan fingerprint density at radius 3 is 2.61 bits per heavy atom. The zero-order chi connectivity index (χ0) is 13.7. The Balaban J connectivity index is 2.49. The van der Waals surface area contributed by atoms with Crippen molar-refractivity contribution in [1.29, 1.82) is 0 Å². The van der Waals surface area contributed by atoms with Gasteiger partial charge in [0.1, 0.15) is 6.10 Å². The van der Waals surface area contributed by atoms with E-state index < -0.39 is 0 Å². The Morgan fingerprint density at radius 1 is 1.39 bits per heavy atom. The minimum Gasteiger partial charge on any atom is -0.476 e. The lowest BCUT2D eigenvalue weighted by Gasteiger charge is -2.36. The molecule has 0 unspecified atom stereocenters. The van der Waals surface area contributed by atoms with Gasteiger partial charge in [-0.25, -0.2) is 4.79 Å². The van der Waals surface area contributed by atoms with E-state index in [0.29, 0.717) is 22.8 Å². The van der Waals surface area contributed by atoms with Crippen LogP contribution in [0.2, 0.25) is 0 Å². The summed E-state index contributed by atoms with van der Waals surface area (Å²) in [5.41, 5.74) is 0. The Hall–Kier alpha value is -0.640. The van der Waals surface area contributed by atoms with Gasteiger partial charge in [0.15, 0.2) is 11.7 Å². The standard InChI is InChI=1S/C14H24O3S/c1-9(2)12-6-5-10(3)7-13(12)17-14(15)8-16-11(4)18/h9-10,12-13H,5-8H2,1-4H3/t10-,12+,13-/m0/s1. The third kappa shape index (κ3) is 4.92. The smallest absolute Gasteiger partial charge is 0.344 e. The highest BCUT2D eigenvalue weighted by atomic mass is 32.1. The van der Waals surface area contributed by atoms with Crippen LogP contribution in [0.15, 0.2) is 0 Å². The summed E-state index contributed by atoms with van der Waals surface area (Å²) in [5, 5.41) is 0.379. The lowest BCUT2D eigenvalue weighted by atomic mass is 9.75. The predicted molar refractivity (Wildman–Crippen MR) is 75.4 cm³/mol. The molecule has 1 fully saturated rings. The van der Waals surface area contributed by atoms with E-state index in [0.717, 1.165) is 12.8 Å². The average Bonchev–Trinajstić information content (AvgIpc) is 2.26. The van der Waals surface area contributed by atoms with Gasteiger partial charge in [0.2, 0.25) is 0 Å². The predicted octanol–water partition coefficient (Wildman–Crippen LogP) is 3.35. The fourth-order valence-corrected chi connectivity index (χ4v) is 2.67. The molecule has 1 rings (SSSR count). The first-order chi connectivity index (χ1) is 8.40. The maximum atomic E-state index is 11.7. The topological polar surface area (TPSA) is 35.5 Å². The molecule has 0 aromatic rings. The lowest BCUT2D eigenvalue weighted by Crippen LogP contribution is -2.36. The third-order valence-corrected chi connectivity index (χ3v) is 3.76. The monoisotopic (exact) mass is 272 g/mol. The zero-order valence-corrected chi connectivity index (χ0v) is 12.6. The van der Waals surface area contributed by atoms with Crippen LogP contribution in [0.25, 0.3) is 0 Å². The van der Waals surface area contributed by atoms with Gasteiger partial charge in [-0.3, -0.25) is 0 Å². The number of rotatable bonds is 4. The van der Waals surface area contributed by atoms with Gasteiger partial charge in [0.05, 0.1) is 0 Å². The van der Waals surface area contributed by atoms with Gasteiger partial charge < -0.3 is 9.47 Å². The van der Waals surface area contributed by atoms with E-state index >= 15 is 0 Å². The second-order valence-electron chi connectivity index (χ2n) is 5.63. The highest BCUT2D eigenvalue weighted by molar-refractivity contribution is 7.80. The summed E-state index contributed by atoms with van der Waals surface area (Å²) in [5.74, 6) is 1.34. The molecule has 0 bridgehead atoms. The van der Waals surface area contributed by atoms with Gasteiger partial charge in [-0.2, -0.15) is 0 Å².